The Morgan fingerprint density at radius 3 is 2.20 bits per heavy atom. The minimum atomic E-state index is -3.08. The van der Waals surface area contributed by atoms with Crippen LogP contribution in [0.3, 0.4) is 0 Å². The van der Waals surface area contributed by atoms with E-state index in [0.717, 1.165) is 0 Å². The minimum Gasteiger partial charge on any atom is -0.477 e. The molecule has 2 fully saturated rings. The predicted octanol–water partition coefficient (Wildman–Crippen LogP) is -3.75. The number of ether oxygens (including phenoxy) is 3. The fraction of sp³-hybridized carbons (Fsp3) is 0.583. The summed E-state index contributed by atoms with van der Waals surface area (Å²) in [6, 6.07) is 0. The second kappa shape index (κ2) is 5.86. The Morgan fingerprint density at radius 1 is 1.12 bits per heavy atom. The van der Waals surface area contributed by atoms with Crippen LogP contribution in [0.25, 0.3) is 0 Å². The summed E-state index contributed by atoms with van der Waals surface area (Å²) in [5, 5.41) is 19.6. The van der Waals surface area contributed by atoms with Gasteiger partial charge in [-0.15, -0.1) is 0 Å². The van der Waals surface area contributed by atoms with Gasteiger partial charge < -0.3 is 35.9 Å². The van der Waals surface area contributed by atoms with Gasteiger partial charge in [0.2, 0.25) is 0 Å². The Morgan fingerprint density at radius 2 is 1.68 bits per heavy atom. The van der Waals surface area contributed by atoms with E-state index in [1.165, 1.54) is 0 Å². The van der Waals surface area contributed by atoms with Crippen molar-refractivity contribution in [3.8, 4) is 0 Å². The number of nitrogens with zero attached hydrogens (tertiary/aromatic N) is 1. The largest absolute Gasteiger partial charge is 0.477 e. The molecule has 0 amide bonds. The molecular weight excluding hydrogens is 344 g/mol. The molecule has 0 aliphatic carbocycles. The van der Waals surface area contributed by atoms with E-state index < -0.39 is 66.8 Å². The van der Waals surface area contributed by atoms with E-state index in [4.69, 9.17) is 31.4 Å². The number of rotatable bonds is 4. The van der Waals surface area contributed by atoms with Crippen molar-refractivity contribution in [2.75, 3.05) is 6.54 Å². The zero-order chi connectivity index (χ0) is 19.0. The number of carboxylic acids is 1. The quantitative estimate of drug-likeness (QED) is 0.185. The molecule has 8 N–H and O–H groups in total. The molecule has 2 heterocycles. The average Bonchev–Trinajstić information content (AvgIpc) is 2.51. The molecule has 0 aromatic rings. The third-order valence-corrected chi connectivity index (χ3v) is 3.68. The van der Waals surface area contributed by atoms with Crippen LogP contribution in [0.2, 0.25) is 0 Å². The van der Waals surface area contributed by atoms with Crippen LogP contribution in [0, 0.1) is 0 Å². The number of aliphatic carboxylic acids is 1. The standard InChI is InChI=1S/C12H16N4O9/c13-9(14)16-2-1-11-12(15,7(19)20)24-6(18)4-10(22,8(21)25-11)3-5(17)23-11/h22H,1-4,15H2,(H,19,20)(H4,13,14,16)/t10?,11?,12-/m0/s1. The zero-order valence-electron chi connectivity index (χ0n) is 12.8. The van der Waals surface area contributed by atoms with Gasteiger partial charge in [0.25, 0.3) is 0 Å². The number of carbonyl (C=O) groups is 4. The van der Waals surface area contributed by atoms with E-state index in [9.17, 15) is 29.4 Å². The summed E-state index contributed by atoms with van der Waals surface area (Å²) >= 11 is 0. The van der Waals surface area contributed by atoms with Crippen molar-refractivity contribution in [2.45, 2.75) is 36.4 Å². The number of hydrogen-bond donors (Lipinski definition) is 5. The Labute approximate surface area is 139 Å². The number of nitrogens with two attached hydrogens (primary N) is 3. The Hall–Kier alpha value is -2.93. The average molecular weight is 360 g/mol. The van der Waals surface area contributed by atoms with Crippen LogP contribution in [0.4, 0.5) is 0 Å². The van der Waals surface area contributed by atoms with Crippen LogP contribution in [0.1, 0.15) is 19.3 Å². The first-order chi connectivity index (χ1) is 11.4. The summed E-state index contributed by atoms with van der Waals surface area (Å²) in [6.07, 6.45) is -2.66. The highest BCUT2D eigenvalue weighted by atomic mass is 16.8. The molecule has 2 saturated heterocycles. The number of hydrogen-bond acceptors (Lipinski definition) is 10. The monoisotopic (exact) mass is 360 g/mol. The molecule has 0 spiro atoms. The van der Waals surface area contributed by atoms with Crippen molar-refractivity contribution in [2.24, 2.45) is 22.2 Å². The van der Waals surface area contributed by atoms with E-state index in [1.807, 2.05) is 0 Å². The highest BCUT2D eigenvalue weighted by molar-refractivity contribution is 5.94. The van der Waals surface area contributed by atoms with Gasteiger partial charge in [0.1, 0.15) is 0 Å². The molecule has 2 unspecified atom stereocenters. The van der Waals surface area contributed by atoms with Crippen molar-refractivity contribution < 1.29 is 43.6 Å². The summed E-state index contributed by atoms with van der Waals surface area (Å²) in [6.45, 7) is -0.398. The number of esters is 3. The highest BCUT2D eigenvalue weighted by Gasteiger charge is 2.69. The van der Waals surface area contributed by atoms with Gasteiger partial charge in [-0.05, 0) is 0 Å². The molecule has 2 bridgehead atoms. The lowest BCUT2D eigenvalue weighted by atomic mass is 9.94. The van der Waals surface area contributed by atoms with Gasteiger partial charge in [0.15, 0.2) is 11.6 Å². The number of carbonyl (C=O) groups excluding carboxylic acids is 3. The van der Waals surface area contributed by atoms with Crippen molar-refractivity contribution >= 4 is 29.8 Å². The third kappa shape index (κ3) is 3.06. The minimum absolute atomic E-state index is 0.389. The maximum atomic E-state index is 12.2. The SMILES string of the molecule is NC(N)=NCCC12OC(=O)CC(O)(CC(=O)O[C@@]1(N)C(=O)O)C(=O)O2. The Balaban J connectivity index is 2.61. The second-order valence-electron chi connectivity index (χ2n) is 5.57. The fourth-order valence-corrected chi connectivity index (χ4v) is 2.44. The van der Waals surface area contributed by atoms with Gasteiger partial charge >= 0.3 is 35.4 Å². The first-order valence-electron chi connectivity index (χ1n) is 6.91. The van der Waals surface area contributed by atoms with E-state index in [2.05, 4.69) is 4.99 Å². The molecule has 138 valence electrons. The van der Waals surface area contributed by atoms with Crippen molar-refractivity contribution in [3.63, 3.8) is 0 Å². The number of carboxylic acid groups (broad SMARTS) is 1. The molecule has 0 saturated carbocycles. The molecule has 2 aliphatic rings. The predicted molar refractivity (Wildman–Crippen MR) is 75.0 cm³/mol. The summed E-state index contributed by atoms with van der Waals surface area (Å²) in [4.78, 5) is 51.4. The summed E-state index contributed by atoms with van der Waals surface area (Å²) in [7, 11) is 0. The lowest BCUT2D eigenvalue weighted by Gasteiger charge is -2.42. The smallest absolute Gasteiger partial charge is 0.372 e. The number of aliphatic hydroxyl groups is 1. The normalized spacial score (nSPS) is 34.7. The van der Waals surface area contributed by atoms with Crippen LogP contribution in [-0.2, 0) is 33.4 Å². The summed E-state index contributed by atoms with van der Waals surface area (Å²) in [5.41, 5.74) is 10.3. The van der Waals surface area contributed by atoms with E-state index >= 15 is 0 Å². The van der Waals surface area contributed by atoms with Gasteiger partial charge in [-0.2, -0.15) is 0 Å². The Bertz CT molecular complexity index is 675. The number of guanidine groups is 1. The molecule has 0 aromatic carbocycles. The summed E-state index contributed by atoms with van der Waals surface area (Å²) in [5.74, 6) is -9.16. The molecule has 25 heavy (non-hydrogen) atoms. The molecule has 2 aliphatic heterocycles. The van der Waals surface area contributed by atoms with Crippen LogP contribution in [0.15, 0.2) is 4.99 Å². The topological polar surface area (TPSA) is 227 Å². The number of cyclic esters (lactones) is 1. The molecule has 3 atom stereocenters. The van der Waals surface area contributed by atoms with E-state index in [0.29, 0.717) is 0 Å². The maximum Gasteiger partial charge on any atom is 0.372 e. The summed E-state index contributed by atoms with van der Waals surface area (Å²) < 4.78 is 14.5. The van der Waals surface area contributed by atoms with Crippen LogP contribution in [0.5, 0.6) is 0 Å². The van der Waals surface area contributed by atoms with Crippen molar-refractivity contribution in [1.82, 2.24) is 0 Å². The van der Waals surface area contributed by atoms with Crippen LogP contribution >= 0.6 is 0 Å². The zero-order valence-corrected chi connectivity index (χ0v) is 12.8. The third-order valence-electron chi connectivity index (χ3n) is 3.68. The first-order valence-corrected chi connectivity index (χ1v) is 6.91. The van der Waals surface area contributed by atoms with E-state index in [1.54, 1.807) is 0 Å². The van der Waals surface area contributed by atoms with Gasteiger partial charge in [-0.3, -0.25) is 20.3 Å². The van der Waals surface area contributed by atoms with Gasteiger partial charge in [0.05, 0.1) is 25.8 Å². The lowest BCUT2D eigenvalue weighted by molar-refractivity contribution is -0.298. The number of aliphatic imine (C=N–C) groups is 1. The van der Waals surface area contributed by atoms with Gasteiger partial charge in [0, 0.05) is 0 Å². The molecule has 0 radical (unpaired) electrons. The lowest BCUT2D eigenvalue weighted by Crippen LogP contribution is -2.72. The number of fused-ring (bicyclic) bond motifs is 3. The highest BCUT2D eigenvalue weighted by Crippen LogP contribution is 2.40. The molecular formula is C12H16N4O9. The van der Waals surface area contributed by atoms with Crippen LogP contribution in [-0.4, -0.2) is 63.7 Å². The van der Waals surface area contributed by atoms with Crippen LogP contribution < -0.4 is 17.2 Å². The van der Waals surface area contributed by atoms with E-state index in [-0.39, 0.29) is 5.96 Å². The Kier molecular flexibility index (Phi) is 4.31. The first kappa shape index (κ1) is 18.4. The van der Waals surface area contributed by atoms with Crippen molar-refractivity contribution in [3.05, 3.63) is 0 Å². The molecule has 13 nitrogen and oxygen atoms in total. The molecule has 0 aromatic heterocycles. The molecule has 2 rings (SSSR count). The van der Waals surface area contributed by atoms with Gasteiger partial charge in [-0.25, -0.2) is 9.59 Å². The fourth-order valence-electron chi connectivity index (χ4n) is 2.44. The van der Waals surface area contributed by atoms with Crippen molar-refractivity contribution in [1.29, 1.82) is 0 Å². The molecule has 13 heteroatoms. The second-order valence-corrected chi connectivity index (χ2v) is 5.57. The van der Waals surface area contributed by atoms with Gasteiger partial charge in [-0.1, -0.05) is 0 Å². The maximum absolute atomic E-state index is 12.2.